The summed E-state index contributed by atoms with van der Waals surface area (Å²) in [5.74, 6) is -0.888. The number of anilines is 2. The Kier molecular flexibility index (Phi) is 7.30. The predicted molar refractivity (Wildman–Crippen MR) is 148 cm³/mol. The summed E-state index contributed by atoms with van der Waals surface area (Å²) in [5, 5.41) is 5.13. The Hall–Kier alpha value is -4.34. The third-order valence-corrected chi connectivity index (χ3v) is 7.90. The number of hydrogen-bond donors (Lipinski definition) is 2. The minimum Gasteiger partial charge on any atom is -0.298 e. The molecule has 2 N–H and O–H groups in total. The first-order valence-corrected chi connectivity index (χ1v) is 14.0. The van der Waals surface area contributed by atoms with E-state index in [-0.39, 0.29) is 16.5 Å². The Balaban J connectivity index is 1.20. The molecule has 0 fully saturated rings. The molecule has 38 heavy (non-hydrogen) atoms. The highest BCUT2D eigenvalue weighted by Crippen LogP contribution is 2.26. The van der Waals surface area contributed by atoms with Crippen LogP contribution in [0.5, 0.6) is 0 Å². The van der Waals surface area contributed by atoms with Crippen molar-refractivity contribution >= 4 is 38.1 Å². The van der Waals surface area contributed by atoms with E-state index >= 15 is 0 Å². The Morgan fingerprint density at radius 2 is 1.47 bits per heavy atom. The number of hydrogen-bond acceptors (Lipinski definition) is 5. The van der Waals surface area contributed by atoms with Crippen molar-refractivity contribution < 1.29 is 17.6 Å². The lowest BCUT2D eigenvalue weighted by Crippen LogP contribution is -2.14. The molecule has 190 valence electrons. The number of nitrogens with one attached hydrogen (secondary N) is 2. The number of amides is 1. The summed E-state index contributed by atoms with van der Waals surface area (Å²) in [6.07, 6.45) is 0.853. The molecule has 0 spiro atoms. The van der Waals surface area contributed by atoms with Crippen molar-refractivity contribution in [3.8, 4) is 11.3 Å². The smallest absolute Gasteiger partial charge is 0.261 e. The molecule has 0 radical (unpaired) electrons. The standard InChI is InChI=1S/C29H22FN3O3S2/c30-24-12-16-26(17-13-24)38(35,36)33-25-14-10-23(11-15-25)28(34)32-29-31-27(19-37-29)22-8-6-21(7-9-22)18-20-4-2-1-3-5-20/h1-17,19,33H,18H2,(H,31,32,34). The van der Waals surface area contributed by atoms with E-state index in [2.05, 4.69) is 39.3 Å². The number of nitrogens with zero attached hydrogens (tertiary/aromatic N) is 1. The highest BCUT2D eigenvalue weighted by Gasteiger charge is 2.15. The van der Waals surface area contributed by atoms with Crippen molar-refractivity contribution in [2.24, 2.45) is 0 Å². The van der Waals surface area contributed by atoms with Gasteiger partial charge in [-0.05, 0) is 66.1 Å². The van der Waals surface area contributed by atoms with Gasteiger partial charge < -0.3 is 0 Å². The second-order valence-electron chi connectivity index (χ2n) is 8.49. The van der Waals surface area contributed by atoms with Crippen LogP contribution in [0.4, 0.5) is 15.2 Å². The van der Waals surface area contributed by atoms with Crippen molar-refractivity contribution in [2.75, 3.05) is 10.0 Å². The molecule has 9 heteroatoms. The van der Waals surface area contributed by atoms with Gasteiger partial charge in [-0.25, -0.2) is 17.8 Å². The predicted octanol–water partition coefficient (Wildman–Crippen LogP) is 6.59. The van der Waals surface area contributed by atoms with Gasteiger partial charge in [0.05, 0.1) is 10.6 Å². The van der Waals surface area contributed by atoms with E-state index in [1.807, 2.05) is 35.7 Å². The minimum atomic E-state index is -3.88. The summed E-state index contributed by atoms with van der Waals surface area (Å²) in [4.78, 5) is 17.2. The summed E-state index contributed by atoms with van der Waals surface area (Å²) in [6, 6.07) is 29.0. The Bertz CT molecular complexity index is 1650. The number of carbonyl (C=O) groups excluding carboxylic acids is 1. The fourth-order valence-electron chi connectivity index (χ4n) is 3.78. The molecule has 1 amide bonds. The van der Waals surface area contributed by atoms with E-state index in [9.17, 15) is 17.6 Å². The molecule has 1 heterocycles. The first-order valence-electron chi connectivity index (χ1n) is 11.6. The van der Waals surface area contributed by atoms with Crippen molar-refractivity contribution in [2.45, 2.75) is 11.3 Å². The summed E-state index contributed by atoms with van der Waals surface area (Å²) in [7, 11) is -3.88. The third kappa shape index (κ3) is 6.13. The van der Waals surface area contributed by atoms with Gasteiger partial charge in [0.25, 0.3) is 15.9 Å². The second kappa shape index (κ2) is 11.0. The van der Waals surface area contributed by atoms with Crippen LogP contribution in [0.2, 0.25) is 0 Å². The van der Waals surface area contributed by atoms with Crippen LogP contribution in [-0.4, -0.2) is 19.3 Å². The zero-order chi connectivity index (χ0) is 26.5. The number of thiazole rings is 1. The van der Waals surface area contributed by atoms with Crippen LogP contribution >= 0.6 is 11.3 Å². The monoisotopic (exact) mass is 543 g/mol. The topological polar surface area (TPSA) is 88.2 Å². The zero-order valence-corrected chi connectivity index (χ0v) is 21.6. The van der Waals surface area contributed by atoms with Gasteiger partial charge in [0, 0.05) is 22.2 Å². The number of carbonyl (C=O) groups is 1. The molecule has 0 unspecified atom stereocenters. The van der Waals surface area contributed by atoms with Gasteiger partial charge in [0.2, 0.25) is 0 Å². The molecule has 0 aliphatic carbocycles. The van der Waals surface area contributed by atoms with Gasteiger partial charge in [-0.2, -0.15) is 0 Å². The van der Waals surface area contributed by atoms with Crippen LogP contribution in [0, 0.1) is 5.82 Å². The Morgan fingerprint density at radius 1 is 0.816 bits per heavy atom. The molecule has 0 aliphatic heterocycles. The lowest BCUT2D eigenvalue weighted by atomic mass is 10.0. The van der Waals surface area contributed by atoms with E-state index in [1.165, 1.54) is 58.9 Å². The van der Waals surface area contributed by atoms with Crippen molar-refractivity contribution in [1.82, 2.24) is 4.98 Å². The molecule has 5 rings (SSSR count). The van der Waals surface area contributed by atoms with Crippen molar-refractivity contribution in [3.05, 3.63) is 131 Å². The van der Waals surface area contributed by atoms with Crippen molar-refractivity contribution in [3.63, 3.8) is 0 Å². The van der Waals surface area contributed by atoms with Crippen LogP contribution in [0.15, 0.2) is 113 Å². The molecule has 6 nitrogen and oxygen atoms in total. The number of halogens is 1. The number of rotatable bonds is 8. The zero-order valence-electron chi connectivity index (χ0n) is 20.0. The molecule has 1 aromatic heterocycles. The van der Waals surface area contributed by atoms with E-state index in [1.54, 1.807) is 0 Å². The average Bonchev–Trinajstić information content (AvgIpc) is 3.38. The molecule has 0 aliphatic rings. The van der Waals surface area contributed by atoms with Gasteiger partial charge in [0.15, 0.2) is 5.13 Å². The SMILES string of the molecule is O=C(Nc1nc(-c2ccc(Cc3ccccc3)cc2)cs1)c1ccc(NS(=O)(=O)c2ccc(F)cc2)cc1. The lowest BCUT2D eigenvalue weighted by Gasteiger charge is -2.09. The average molecular weight is 544 g/mol. The van der Waals surface area contributed by atoms with E-state index in [4.69, 9.17) is 0 Å². The quantitative estimate of drug-likeness (QED) is 0.231. The van der Waals surface area contributed by atoms with Crippen LogP contribution in [0.25, 0.3) is 11.3 Å². The molecule has 0 bridgehead atoms. The highest BCUT2D eigenvalue weighted by molar-refractivity contribution is 7.92. The van der Waals surface area contributed by atoms with E-state index in [0.717, 1.165) is 29.8 Å². The molecular weight excluding hydrogens is 521 g/mol. The van der Waals surface area contributed by atoms with Gasteiger partial charge >= 0.3 is 0 Å². The first-order chi connectivity index (χ1) is 18.4. The third-order valence-electron chi connectivity index (χ3n) is 5.75. The number of benzene rings is 4. The maximum atomic E-state index is 13.1. The molecule has 0 saturated heterocycles. The lowest BCUT2D eigenvalue weighted by molar-refractivity contribution is 0.102. The van der Waals surface area contributed by atoms with E-state index < -0.39 is 15.8 Å². The molecule has 0 atom stereocenters. The maximum absolute atomic E-state index is 13.1. The number of sulfonamides is 1. The normalized spacial score (nSPS) is 11.2. The minimum absolute atomic E-state index is 0.0638. The Labute approximate surface area is 223 Å². The molecule has 5 aromatic rings. The maximum Gasteiger partial charge on any atom is 0.261 e. The Morgan fingerprint density at radius 3 is 2.16 bits per heavy atom. The molecule has 4 aromatic carbocycles. The number of aromatic nitrogens is 1. The fraction of sp³-hybridized carbons (Fsp3) is 0.0345. The first kappa shape index (κ1) is 25.3. The van der Waals surface area contributed by atoms with Crippen LogP contribution in [-0.2, 0) is 16.4 Å². The van der Waals surface area contributed by atoms with E-state index in [0.29, 0.717) is 10.7 Å². The van der Waals surface area contributed by atoms with Crippen LogP contribution in [0.3, 0.4) is 0 Å². The van der Waals surface area contributed by atoms with Gasteiger partial charge in [-0.1, -0.05) is 54.6 Å². The summed E-state index contributed by atoms with van der Waals surface area (Å²) < 4.78 is 40.5. The van der Waals surface area contributed by atoms with Crippen molar-refractivity contribution in [1.29, 1.82) is 0 Å². The van der Waals surface area contributed by atoms with Gasteiger partial charge in [0.1, 0.15) is 5.82 Å². The van der Waals surface area contributed by atoms with Gasteiger partial charge in [-0.15, -0.1) is 11.3 Å². The van der Waals surface area contributed by atoms with Crippen LogP contribution in [0.1, 0.15) is 21.5 Å². The highest BCUT2D eigenvalue weighted by atomic mass is 32.2. The molecule has 0 saturated carbocycles. The summed E-state index contributed by atoms with van der Waals surface area (Å²) in [5.41, 5.74) is 4.79. The largest absolute Gasteiger partial charge is 0.298 e. The summed E-state index contributed by atoms with van der Waals surface area (Å²) >= 11 is 1.32. The second-order valence-corrected chi connectivity index (χ2v) is 11.0. The van der Waals surface area contributed by atoms with Crippen LogP contribution < -0.4 is 10.0 Å². The molecular formula is C29H22FN3O3S2. The fourth-order valence-corrected chi connectivity index (χ4v) is 5.55. The summed E-state index contributed by atoms with van der Waals surface area (Å²) in [6.45, 7) is 0. The van der Waals surface area contributed by atoms with Gasteiger partial charge in [-0.3, -0.25) is 14.8 Å².